The minimum absolute atomic E-state index is 0.175. The smallest absolute Gasteiger partial charge is 0.158 e. The van der Waals surface area contributed by atoms with Crippen LogP contribution in [0.2, 0.25) is 0 Å². The Hall–Kier alpha value is -0.490. The Kier molecular flexibility index (Phi) is 8.76. The summed E-state index contributed by atoms with van der Waals surface area (Å²) in [7, 11) is 0. The van der Waals surface area contributed by atoms with E-state index in [9.17, 15) is 4.79 Å². The number of carbonyl (C=O) groups excluding carboxylic acids is 1. The maximum Gasteiger partial charge on any atom is 0.158 e. The second-order valence-corrected chi connectivity index (χ2v) is 2.98. The van der Waals surface area contributed by atoms with Gasteiger partial charge >= 0.3 is 0 Å². The van der Waals surface area contributed by atoms with Crippen molar-refractivity contribution in [3.05, 3.63) is 0 Å². The number of rotatable bonds is 9. The molecule has 0 aliphatic rings. The van der Waals surface area contributed by atoms with Gasteiger partial charge < -0.3 is 20.3 Å². The lowest BCUT2D eigenvalue weighted by Crippen LogP contribution is -2.27. The monoisotopic (exact) mass is 205 g/mol. The first-order valence-electron chi connectivity index (χ1n) is 4.74. The minimum Gasteiger partial charge on any atom is -0.389 e. The van der Waals surface area contributed by atoms with Crippen LogP contribution in [0.1, 0.15) is 19.8 Å². The van der Waals surface area contributed by atoms with Gasteiger partial charge in [0.25, 0.3) is 0 Å². The lowest BCUT2D eigenvalue weighted by molar-refractivity contribution is -0.122. The van der Waals surface area contributed by atoms with E-state index in [-0.39, 0.29) is 18.6 Å². The molecule has 5 heteroatoms. The Morgan fingerprint density at radius 1 is 1.50 bits per heavy atom. The highest BCUT2D eigenvalue weighted by atomic mass is 16.7. The van der Waals surface area contributed by atoms with Crippen molar-refractivity contribution < 1.29 is 19.4 Å². The van der Waals surface area contributed by atoms with Gasteiger partial charge in [-0.2, -0.15) is 0 Å². The minimum atomic E-state index is -0.410. The summed E-state index contributed by atoms with van der Waals surface area (Å²) in [5.74, 6) is -0.190. The van der Waals surface area contributed by atoms with Gasteiger partial charge in [0.1, 0.15) is 13.4 Å². The molecule has 0 rings (SSSR count). The molecule has 0 saturated heterocycles. The van der Waals surface area contributed by atoms with Crippen LogP contribution in [0, 0.1) is 0 Å². The Bertz CT molecular complexity index is 152. The van der Waals surface area contributed by atoms with E-state index >= 15 is 0 Å². The zero-order valence-corrected chi connectivity index (χ0v) is 8.57. The van der Waals surface area contributed by atoms with E-state index in [0.717, 1.165) is 0 Å². The summed E-state index contributed by atoms with van der Waals surface area (Å²) in [6, 6.07) is -0.175. The normalized spacial score (nSPS) is 12.8. The van der Waals surface area contributed by atoms with Crippen LogP contribution in [0.5, 0.6) is 0 Å². The van der Waals surface area contributed by atoms with Crippen molar-refractivity contribution in [1.82, 2.24) is 0 Å². The Morgan fingerprint density at radius 2 is 2.21 bits per heavy atom. The van der Waals surface area contributed by atoms with E-state index in [1.165, 1.54) is 0 Å². The van der Waals surface area contributed by atoms with Gasteiger partial charge in [0.15, 0.2) is 5.78 Å². The Balaban J connectivity index is 3.27. The fourth-order valence-electron chi connectivity index (χ4n) is 0.851. The Labute approximate surface area is 84.2 Å². The molecular weight excluding hydrogens is 186 g/mol. The van der Waals surface area contributed by atoms with Crippen LogP contribution in [0.25, 0.3) is 0 Å². The third kappa shape index (κ3) is 8.12. The van der Waals surface area contributed by atoms with Crippen LogP contribution in [0.3, 0.4) is 0 Å². The molecular formula is C9H19NO4. The quantitative estimate of drug-likeness (QED) is 0.398. The van der Waals surface area contributed by atoms with Crippen LogP contribution in [-0.2, 0) is 14.3 Å². The van der Waals surface area contributed by atoms with Crippen molar-refractivity contribution in [3.8, 4) is 0 Å². The van der Waals surface area contributed by atoms with E-state index in [2.05, 4.69) is 0 Å². The largest absolute Gasteiger partial charge is 0.389 e. The standard InChI is InChI=1S/C9H19NO4/c1-2-13-7-14-6-8(10)3-4-9(12)5-11/h8,11H,2-7,10H2,1H3/t8-/m0/s1. The first-order valence-corrected chi connectivity index (χ1v) is 4.74. The molecule has 14 heavy (non-hydrogen) atoms. The van der Waals surface area contributed by atoms with E-state index in [4.69, 9.17) is 20.3 Å². The highest BCUT2D eigenvalue weighted by Crippen LogP contribution is 1.96. The molecule has 0 aromatic rings. The second-order valence-electron chi connectivity index (χ2n) is 2.98. The first kappa shape index (κ1) is 13.5. The van der Waals surface area contributed by atoms with Gasteiger partial charge in [-0.25, -0.2) is 0 Å². The maximum absolute atomic E-state index is 10.7. The van der Waals surface area contributed by atoms with E-state index in [0.29, 0.717) is 26.1 Å². The summed E-state index contributed by atoms with van der Waals surface area (Å²) in [4.78, 5) is 10.7. The highest BCUT2D eigenvalue weighted by molar-refractivity contribution is 5.79. The fraction of sp³-hybridized carbons (Fsp3) is 0.889. The van der Waals surface area contributed by atoms with Crippen molar-refractivity contribution in [3.63, 3.8) is 0 Å². The predicted octanol–water partition coefficient (Wildman–Crippen LogP) is -0.334. The zero-order valence-electron chi connectivity index (χ0n) is 8.57. The molecule has 0 unspecified atom stereocenters. The third-order valence-electron chi connectivity index (χ3n) is 1.67. The summed E-state index contributed by atoms with van der Waals surface area (Å²) < 4.78 is 10.0. The summed E-state index contributed by atoms with van der Waals surface area (Å²) in [5.41, 5.74) is 5.64. The van der Waals surface area contributed by atoms with Gasteiger partial charge in [-0.1, -0.05) is 0 Å². The lowest BCUT2D eigenvalue weighted by Gasteiger charge is -2.10. The number of carbonyl (C=O) groups is 1. The van der Waals surface area contributed by atoms with Gasteiger partial charge in [0, 0.05) is 19.1 Å². The molecule has 0 aromatic carbocycles. The number of hydrogen-bond acceptors (Lipinski definition) is 5. The summed E-state index contributed by atoms with van der Waals surface area (Å²) >= 11 is 0. The van der Waals surface area contributed by atoms with Crippen molar-refractivity contribution in [2.24, 2.45) is 5.73 Å². The molecule has 0 bridgehead atoms. The summed E-state index contributed by atoms with van der Waals surface area (Å²) in [5, 5.41) is 8.45. The SMILES string of the molecule is CCOCOC[C@@H](N)CCC(=O)CO. The number of ether oxygens (including phenoxy) is 2. The maximum atomic E-state index is 10.7. The number of Topliss-reactive ketones (excluding diaryl/α,β-unsaturated/α-hetero) is 1. The summed E-state index contributed by atoms with van der Waals surface area (Å²) in [6.45, 7) is 2.69. The van der Waals surface area contributed by atoms with Crippen LogP contribution < -0.4 is 5.73 Å². The molecule has 0 radical (unpaired) electrons. The molecule has 3 N–H and O–H groups in total. The molecule has 0 aliphatic carbocycles. The molecule has 0 heterocycles. The molecule has 5 nitrogen and oxygen atoms in total. The van der Waals surface area contributed by atoms with Crippen LogP contribution in [-0.4, -0.2) is 43.5 Å². The first-order chi connectivity index (χ1) is 6.70. The number of nitrogens with two attached hydrogens (primary N) is 1. The summed E-state index contributed by atoms with van der Waals surface area (Å²) in [6.07, 6.45) is 0.835. The van der Waals surface area contributed by atoms with Gasteiger partial charge in [-0.05, 0) is 13.3 Å². The Morgan fingerprint density at radius 3 is 2.79 bits per heavy atom. The molecule has 0 fully saturated rings. The van der Waals surface area contributed by atoms with Gasteiger partial charge in [0.05, 0.1) is 6.61 Å². The number of hydrogen-bond donors (Lipinski definition) is 2. The number of ketones is 1. The second kappa shape index (κ2) is 9.08. The van der Waals surface area contributed by atoms with Crippen molar-refractivity contribution in [1.29, 1.82) is 0 Å². The highest BCUT2D eigenvalue weighted by Gasteiger charge is 2.06. The van der Waals surface area contributed by atoms with Gasteiger partial charge in [0.2, 0.25) is 0 Å². The van der Waals surface area contributed by atoms with Crippen molar-refractivity contribution in [2.75, 3.05) is 26.6 Å². The van der Waals surface area contributed by atoms with Crippen molar-refractivity contribution in [2.45, 2.75) is 25.8 Å². The van der Waals surface area contributed by atoms with Crippen LogP contribution in [0.15, 0.2) is 0 Å². The topological polar surface area (TPSA) is 81.8 Å². The third-order valence-corrected chi connectivity index (χ3v) is 1.67. The predicted molar refractivity (Wildman–Crippen MR) is 51.7 cm³/mol. The van der Waals surface area contributed by atoms with Crippen molar-refractivity contribution >= 4 is 5.78 Å². The van der Waals surface area contributed by atoms with E-state index in [1.807, 2.05) is 6.92 Å². The molecule has 0 aromatic heterocycles. The van der Waals surface area contributed by atoms with Crippen LogP contribution in [0.4, 0.5) is 0 Å². The number of aliphatic hydroxyl groups is 1. The fourth-order valence-corrected chi connectivity index (χ4v) is 0.851. The zero-order chi connectivity index (χ0) is 10.8. The molecule has 0 amide bonds. The van der Waals surface area contributed by atoms with E-state index in [1.54, 1.807) is 0 Å². The molecule has 1 atom stereocenters. The number of aliphatic hydroxyl groups excluding tert-OH is 1. The molecule has 0 spiro atoms. The average molecular weight is 205 g/mol. The van der Waals surface area contributed by atoms with Gasteiger partial charge in [-0.15, -0.1) is 0 Å². The molecule has 84 valence electrons. The average Bonchev–Trinajstić information content (AvgIpc) is 2.21. The van der Waals surface area contributed by atoms with E-state index < -0.39 is 6.61 Å². The lowest BCUT2D eigenvalue weighted by atomic mass is 10.1. The molecule has 0 saturated carbocycles. The van der Waals surface area contributed by atoms with Gasteiger partial charge in [-0.3, -0.25) is 4.79 Å². The van der Waals surface area contributed by atoms with Crippen LogP contribution >= 0.6 is 0 Å². The molecule has 0 aliphatic heterocycles.